The van der Waals surface area contributed by atoms with Crippen molar-refractivity contribution in [3.8, 4) is 0 Å². The Balaban J connectivity index is 1.51. The first-order valence-electron chi connectivity index (χ1n) is 6.00. The number of amides is 1. The van der Waals surface area contributed by atoms with Gasteiger partial charge in [0.1, 0.15) is 5.60 Å². The van der Waals surface area contributed by atoms with Gasteiger partial charge in [-0.3, -0.25) is 0 Å². The summed E-state index contributed by atoms with van der Waals surface area (Å²) in [6, 6.07) is 0. The van der Waals surface area contributed by atoms with Gasteiger partial charge in [0, 0.05) is 18.5 Å². The molecular formula is C12H19NO3. The summed E-state index contributed by atoms with van der Waals surface area (Å²) in [5, 5.41) is 0. The van der Waals surface area contributed by atoms with Crippen molar-refractivity contribution >= 4 is 6.09 Å². The van der Waals surface area contributed by atoms with E-state index in [4.69, 9.17) is 9.47 Å². The van der Waals surface area contributed by atoms with Gasteiger partial charge in [0.25, 0.3) is 0 Å². The Hall–Kier alpha value is -0.770. The summed E-state index contributed by atoms with van der Waals surface area (Å²) in [5.74, 6) is 0. The van der Waals surface area contributed by atoms with Crippen LogP contribution in [0.4, 0.5) is 4.79 Å². The van der Waals surface area contributed by atoms with E-state index in [1.165, 1.54) is 0 Å². The van der Waals surface area contributed by atoms with E-state index in [1.54, 1.807) is 0 Å². The smallest absolute Gasteiger partial charge is 0.410 e. The molecule has 0 aromatic carbocycles. The van der Waals surface area contributed by atoms with E-state index in [-0.39, 0.29) is 11.7 Å². The number of hydrogen-bond acceptors (Lipinski definition) is 3. The van der Waals surface area contributed by atoms with Gasteiger partial charge in [-0.05, 0) is 33.6 Å². The zero-order valence-electron chi connectivity index (χ0n) is 10.2. The van der Waals surface area contributed by atoms with Crippen LogP contribution >= 0.6 is 0 Å². The Morgan fingerprint density at radius 1 is 1.31 bits per heavy atom. The van der Waals surface area contributed by atoms with Crippen molar-refractivity contribution in [1.82, 2.24) is 4.90 Å². The third-order valence-corrected chi connectivity index (χ3v) is 3.66. The number of epoxide rings is 1. The summed E-state index contributed by atoms with van der Waals surface area (Å²) in [7, 11) is 0. The van der Waals surface area contributed by atoms with Crippen molar-refractivity contribution in [2.75, 3.05) is 13.1 Å². The zero-order valence-corrected chi connectivity index (χ0v) is 10.2. The topological polar surface area (TPSA) is 42.1 Å². The molecule has 3 aliphatic rings. The molecule has 4 nitrogen and oxygen atoms in total. The molecule has 3 fully saturated rings. The lowest BCUT2D eigenvalue weighted by atomic mass is 9.78. The lowest BCUT2D eigenvalue weighted by Gasteiger charge is -2.48. The Labute approximate surface area is 95.9 Å². The second-order valence-corrected chi connectivity index (χ2v) is 6.46. The normalized spacial score (nSPS) is 34.6. The van der Waals surface area contributed by atoms with Gasteiger partial charge in [-0.2, -0.15) is 0 Å². The van der Waals surface area contributed by atoms with Gasteiger partial charge in [-0.25, -0.2) is 4.79 Å². The first-order chi connectivity index (χ1) is 7.37. The molecule has 4 heteroatoms. The second-order valence-electron chi connectivity index (χ2n) is 6.46. The molecule has 0 bridgehead atoms. The fourth-order valence-electron chi connectivity index (χ4n) is 2.95. The van der Waals surface area contributed by atoms with Crippen LogP contribution in [-0.2, 0) is 9.47 Å². The minimum atomic E-state index is -0.388. The van der Waals surface area contributed by atoms with E-state index in [0.717, 1.165) is 25.9 Å². The lowest BCUT2D eigenvalue weighted by Crippen LogP contribution is -2.58. The van der Waals surface area contributed by atoms with Crippen molar-refractivity contribution in [2.45, 2.75) is 51.4 Å². The Kier molecular flexibility index (Phi) is 1.89. The molecule has 0 aromatic heterocycles. The summed E-state index contributed by atoms with van der Waals surface area (Å²) in [6.07, 6.45) is 3.11. The Morgan fingerprint density at radius 3 is 2.38 bits per heavy atom. The summed E-state index contributed by atoms with van der Waals surface area (Å²) >= 11 is 0. The number of likely N-dealkylation sites (tertiary alicyclic amines) is 1. The number of fused-ring (bicyclic) bond motifs is 1. The zero-order chi connectivity index (χ0) is 11.6. The molecule has 2 unspecified atom stereocenters. The van der Waals surface area contributed by atoms with E-state index in [2.05, 4.69) is 0 Å². The van der Waals surface area contributed by atoms with Crippen LogP contribution in [0, 0.1) is 5.41 Å². The summed E-state index contributed by atoms with van der Waals surface area (Å²) in [6.45, 7) is 7.42. The number of nitrogens with zero attached hydrogens (tertiary/aromatic N) is 1. The fraction of sp³-hybridized carbons (Fsp3) is 0.917. The van der Waals surface area contributed by atoms with Crippen LogP contribution in [0.3, 0.4) is 0 Å². The Morgan fingerprint density at radius 2 is 1.88 bits per heavy atom. The highest BCUT2D eigenvalue weighted by Crippen LogP contribution is 2.54. The van der Waals surface area contributed by atoms with Crippen LogP contribution in [0.5, 0.6) is 0 Å². The van der Waals surface area contributed by atoms with Crippen LogP contribution in [0.2, 0.25) is 0 Å². The molecular weight excluding hydrogens is 206 g/mol. The number of carbonyl (C=O) groups is 1. The number of ether oxygens (including phenoxy) is 2. The van der Waals surface area contributed by atoms with Crippen molar-refractivity contribution < 1.29 is 14.3 Å². The second kappa shape index (κ2) is 2.92. The van der Waals surface area contributed by atoms with E-state index in [0.29, 0.717) is 17.6 Å². The molecule has 0 N–H and O–H groups in total. The predicted molar refractivity (Wildman–Crippen MR) is 58.1 cm³/mol. The van der Waals surface area contributed by atoms with Crippen molar-refractivity contribution in [3.63, 3.8) is 0 Å². The highest BCUT2D eigenvalue weighted by molar-refractivity contribution is 5.69. The number of hydrogen-bond donors (Lipinski definition) is 0. The molecule has 1 saturated carbocycles. The van der Waals surface area contributed by atoms with E-state index < -0.39 is 0 Å². The molecule has 0 radical (unpaired) electrons. The van der Waals surface area contributed by atoms with Crippen LogP contribution in [0.1, 0.15) is 33.6 Å². The highest BCUT2D eigenvalue weighted by atomic mass is 16.6. The minimum absolute atomic E-state index is 0.167. The fourth-order valence-corrected chi connectivity index (χ4v) is 2.95. The molecule has 2 saturated heterocycles. The monoisotopic (exact) mass is 225 g/mol. The van der Waals surface area contributed by atoms with Gasteiger partial charge >= 0.3 is 6.09 Å². The highest BCUT2D eigenvalue weighted by Gasteiger charge is 2.61. The molecule has 16 heavy (non-hydrogen) atoms. The summed E-state index contributed by atoms with van der Waals surface area (Å²) in [4.78, 5) is 13.6. The van der Waals surface area contributed by atoms with Gasteiger partial charge in [0.15, 0.2) is 0 Å². The largest absolute Gasteiger partial charge is 0.444 e. The lowest BCUT2D eigenvalue weighted by molar-refractivity contribution is -0.0439. The third-order valence-electron chi connectivity index (χ3n) is 3.66. The van der Waals surface area contributed by atoms with Crippen molar-refractivity contribution in [3.05, 3.63) is 0 Å². The maximum Gasteiger partial charge on any atom is 0.410 e. The summed E-state index contributed by atoms with van der Waals surface area (Å²) < 4.78 is 10.8. The van der Waals surface area contributed by atoms with E-state index in [9.17, 15) is 4.79 Å². The van der Waals surface area contributed by atoms with Gasteiger partial charge in [-0.15, -0.1) is 0 Å². The van der Waals surface area contributed by atoms with E-state index >= 15 is 0 Å². The molecule has 0 aromatic rings. The SMILES string of the molecule is CC(C)(C)OC(=O)N1CC2(CC3OC3C2)C1. The molecule has 1 spiro atoms. The number of carbonyl (C=O) groups excluding carboxylic acids is 1. The quantitative estimate of drug-likeness (QED) is 0.590. The van der Waals surface area contributed by atoms with Crippen molar-refractivity contribution in [1.29, 1.82) is 0 Å². The predicted octanol–water partition coefficient (Wildman–Crippen LogP) is 1.78. The van der Waals surface area contributed by atoms with E-state index in [1.807, 2.05) is 25.7 Å². The van der Waals surface area contributed by atoms with Crippen LogP contribution in [0.25, 0.3) is 0 Å². The van der Waals surface area contributed by atoms with Crippen LogP contribution in [0.15, 0.2) is 0 Å². The maximum atomic E-state index is 11.7. The molecule has 1 amide bonds. The van der Waals surface area contributed by atoms with Gasteiger partial charge in [0.2, 0.25) is 0 Å². The molecule has 2 aliphatic heterocycles. The van der Waals surface area contributed by atoms with Gasteiger partial charge < -0.3 is 14.4 Å². The van der Waals surface area contributed by atoms with Crippen LogP contribution in [-0.4, -0.2) is 41.9 Å². The average molecular weight is 225 g/mol. The number of rotatable bonds is 0. The van der Waals surface area contributed by atoms with Crippen LogP contribution < -0.4 is 0 Å². The van der Waals surface area contributed by atoms with Gasteiger partial charge in [-0.1, -0.05) is 0 Å². The maximum absolute atomic E-state index is 11.7. The first-order valence-corrected chi connectivity index (χ1v) is 6.00. The third kappa shape index (κ3) is 1.69. The summed E-state index contributed by atoms with van der Waals surface area (Å²) in [5.41, 5.74) is -0.0226. The minimum Gasteiger partial charge on any atom is -0.444 e. The van der Waals surface area contributed by atoms with Crippen molar-refractivity contribution in [2.24, 2.45) is 5.41 Å². The molecule has 1 aliphatic carbocycles. The molecule has 90 valence electrons. The first kappa shape index (κ1) is 10.4. The molecule has 2 atom stereocenters. The standard InChI is InChI=1S/C12H19NO3/c1-11(2,3)16-10(14)13-6-12(7-13)4-8-9(5-12)15-8/h8-9H,4-7H2,1-3H3. The van der Waals surface area contributed by atoms with Gasteiger partial charge in [0.05, 0.1) is 12.2 Å². The average Bonchev–Trinajstić information content (AvgIpc) is 2.67. The Bertz CT molecular complexity index is 316. The molecule has 3 rings (SSSR count). The molecule has 2 heterocycles.